The second-order valence-corrected chi connectivity index (χ2v) is 7.45. The highest BCUT2D eigenvalue weighted by Gasteiger charge is 2.26. The Morgan fingerprint density at radius 1 is 1.27 bits per heavy atom. The van der Waals surface area contributed by atoms with Crippen LogP contribution >= 0.6 is 0 Å². The smallest absolute Gasteiger partial charge is 0.257 e. The standard InChI is InChI=1S/C24H29N3O3/c1-6-19(29-4)12-7-16(2)22-21(15-17-8-9-17)25-24(27(22)3)26-23(28)18-10-13-20(30-5)14-11-18/h6-7,10-14,17H,1,8-9,15H2,2-5H3,(H,25,26,28)/b16-7+,19-12+. The van der Waals surface area contributed by atoms with Gasteiger partial charge in [-0.2, -0.15) is 0 Å². The van der Waals surface area contributed by atoms with Gasteiger partial charge in [-0.3, -0.25) is 10.1 Å². The van der Waals surface area contributed by atoms with Crippen LogP contribution in [0.25, 0.3) is 5.57 Å². The van der Waals surface area contributed by atoms with Crippen molar-refractivity contribution in [3.63, 3.8) is 0 Å². The second-order valence-electron chi connectivity index (χ2n) is 7.45. The Hall–Kier alpha value is -3.28. The van der Waals surface area contributed by atoms with E-state index in [1.165, 1.54) is 12.8 Å². The molecule has 1 aromatic carbocycles. The fourth-order valence-corrected chi connectivity index (χ4v) is 3.32. The molecule has 1 saturated carbocycles. The van der Waals surface area contributed by atoms with Gasteiger partial charge in [-0.05, 0) is 74.1 Å². The molecule has 0 saturated heterocycles. The van der Waals surface area contributed by atoms with Crippen molar-refractivity contribution >= 4 is 17.4 Å². The Labute approximate surface area is 177 Å². The van der Waals surface area contributed by atoms with Gasteiger partial charge in [0.15, 0.2) is 0 Å². The van der Waals surface area contributed by atoms with E-state index in [1.54, 1.807) is 44.6 Å². The van der Waals surface area contributed by atoms with Crippen LogP contribution in [0.15, 0.2) is 54.8 Å². The number of nitrogens with zero attached hydrogens (tertiary/aromatic N) is 2. The molecule has 0 radical (unpaired) electrons. The molecule has 1 heterocycles. The van der Waals surface area contributed by atoms with E-state index in [1.807, 2.05) is 30.7 Å². The lowest BCUT2D eigenvalue weighted by Crippen LogP contribution is -2.15. The van der Waals surface area contributed by atoms with Gasteiger partial charge in [0.25, 0.3) is 5.91 Å². The highest BCUT2D eigenvalue weighted by atomic mass is 16.5. The van der Waals surface area contributed by atoms with Crippen LogP contribution in [0.4, 0.5) is 5.95 Å². The molecule has 30 heavy (non-hydrogen) atoms. The second kappa shape index (κ2) is 9.48. The van der Waals surface area contributed by atoms with Gasteiger partial charge >= 0.3 is 0 Å². The maximum atomic E-state index is 12.7. The van der Waals surface area contributed by atoms with Crippen LogP contribution in [0.3, 0.4) is 0 Å². The highest BCUT2D eigenvalue weighted by molar-refractivity contribution is 6.03. The first-order valence-corrected chi connectivity index (χ1v) is 10.0. The molecule has 6 heteroatoms. The summed E-state index contributed by atoms with van der Waals surface area (Å²) in [5, 5.41) is 2.95. The molecule has 0 spiro atoms. The molecule has 0 bridgehead atoms. The number of aromatic nitrogens is 2. The highest BCUT2D eigenvalue weighted by Crippen LogP contribution is 2.35. The van der Waals surface area contributed by atoms with Gasteiger partial charge in [-0.15, -0.1) is 0 Å². The first kappa shape index (κ1) is 21.4. The van der Waals surface area contributed by atoms with Crippen molar-refractivity contribution in [1.82, 2.24) is 9.55 Å². The van der Waals surface area contributed by atoms with E-state index >= 15 is 0 Å². The lowest BCUT2D eigenvalue weighted by molar-refractivity contribution is 0.102. The summed E-state index contributed by atoms with van der Waals surface area (Å²) < 4.78 is 12.4. The summed E-state index contributed by atoms with van der Waals surface area (Å²) in [7, 11) is 5.14. The fourth-order valence-electron chi connectivity index (χ4n) is 3.32. The largest absolute Gasteiger partial charge is 0.497 e. The van der Waals surface area contributed by atoms with Crippen molar-refractivity contribution < 1.29 is 14.3 Å². The maximum absolute atomic E-state index is 12.7. The first-order chi connectivity index (χ1) is 14.5. The lowest BCUT2D eigenvalue weighted by atomic mass is 10.1. The maximum Gasteiger partial charge on any atom is 0.257 e. The van der Waals surface area contributed by atoms with E-state index in [9.17, 15) is 4.79 Å². The predicted molar refractivity (Wildman–Crippen MR) is 120 cm³/mol. The van der Waals surface area contributed by atoms with E-state index in [4.69, 9.17) is 14.5 Å². The summed E-state index contributed by atoms with van der Waals surface area (Å²) in [5.74, 6) is 2.41. The van der Waals surface area contributed by atoms with Crippen molar-refractivity contribution in [2.24, 2.45) is 13.0 Å². The summed E-state index contributed by atoms with van der Waals surface area (Å²) in [6, 6.07) is 7.01. The third-order valence-electron chi connectivity index (χ3n) is 5.23. The van der Waals surface area contributed by atoms with Crippen LogP contribution < -0.4 is 10.1 Å². The molecule has 1 N–H and O–H groups in total. The van der Waals surface area contributed by atoms with Crippen molar-refractivity contribution in [2.75, 3.05) is 19.5 Å². The molecular weight excluding hydrogens is 378 g/mol. The zero-order valence-corrected chi connectivity index (χ0v) is 18.1. The van der Waals surface area contributed by atoms with E-state index in [0.717, 1.165) is 23.4 Å². The Balaban J connectivity index is 1.89. The number of hydrogen-bond donors (Lipinski definition) is 1. The average molecular weight is 408 g/mol. The van der Waals surface area contributed by atoms with Crippen molar-refractivity contribution in [1.29, 1.82) is 0 Å². The van der Waals surface area contributed by atoms with Crippen LogP contribution in [0.1, 0.15) is 41.5 Å². The van der Waals surface area contributed by atoms with Crippen LogP contribution in [0, 0.1) is 5.92 Å². The van der Waals surface area contributed by atoms with Gasteiger partial charge in [0, 0.05) is 12.6 Å². The number of rotatable bonds is 9. The molecule has 1 fully saturated rings. The van der Waals surface area contributed by atoms with Gasteiger partial charge < -0.3 is 14.0 Å². The molecule has 0 unspecified atom stereocenters. The summed E-state index contributed by atoms with van der Waals surface area (Å²) >= 11 is 0. The summed E-state index contributed by atoms with van der Waals surface area (Å²) in [6.07, 6.45) is 8.91. The number of allylic oxidation sites excluding steroid dienone is 4. The molecule has 1 aliphatic rings. The third kappa shape index (κ3) is 5.00. The average Bonchev–Trinajstić information content (AvgIpc) is 3.52. The molecule has 1 aliphatic carbocycles. The molecule has 0 aliphatic heterocycles. The number of methoxy groups -OCH3 is 2. The number of hydrogen-bond acceptors (Lipinski definition) is 4. The Morgan fingerprint density at radius 3 is 2.53 bits per heavy atom. The molecule has 0 atom stereocenters. The number of imidazole rings is 1. The summed E-state index contributed by atoms with van der Waals surface area (Å²) in [5.41, 5.74) is 3.62. The number of carbonyl (C=O) groups is 1. The molecular formula is C24H29N3O3. The van der Waals surface area contributed by atoms with Crippen LogP contribution in [0.5, 0.6) is 5.75 Å². The minimum atomic E-state index is -0.204. The Morgan fingerprint density at radius 2 is 1.97 bits per heavy atom. The molecule has 1 amide bonds. The van der Waals surface area contributed by atoms with Crippen molar-refractivity contribution in [3.05, 3.63) is 71.8 Å². The number of amides is 1. The Kier molecular flexibility index (Phi) is 6.77. The minimum Gasteiger partial charge on any atom is -0.497 e. The van der Waals surface area contributed by atoms with E-state index < -0.39 is 0 Å². The zero-order chi connectivity index (χ0) is 21.7. The number of ether oxygens (including phenoxy) is 2. The summed E-state index contributed by atoms with van der Waals surface area (Å²) in [6.45, 7) is 5.78. The number of anilines is 1. The first-order valence-electron chi connectivity index (χ1n) is 10.0. The van der Waals surface area contributed by atoms with E-state index in [2.05, 4.69) is 11.9 Å². The van der Waals surface area contributed by atoms with E-state index in [-0.39, 0.29) is 5.91 Å². The lowest BCUT2D eigenvalue weighted by Gasteiger charge is -2.09. The number of nitrogens with one attached hydrogen (secondary N) is 1. The zero-order valence-electron chi connectivity index (χ0n) is 18.1. The number of benzene rings is 1. The predicted octanol–water partition coefficient (Wildman–Crippen LogP) is 4.75. The molecule has 3 rings (SSSR count). The molecule has 158 valence electrons. The number of carbonyl (C=O) groups excluding carboxylic acids is 1. The van der Waals surface area contributed by atoms with Crippen LogP contribution in [-0.2, 0) is 18.2 Å². The van der Waals surface area contributed by atoms with Crippen molar-refractivity contribution in [3.8, 4) is 5.75 Å². The van der Waals surface area contributed by atoms with Gasteiger partial charge in [0.2, 0.25) is 5.95 Å². The monoisotopic (exact) mass is 407 g/mol. The molecule has 6 nitrogen and oxygen atoms in total. The molecule has 2 aromatic rings. The van der Waals surface area contributed by atoms with Gasteiger partial charge in [0.05, 0.1) is 25.6 Å². The topological polar surface area (TPSA) is 65.4 Å². The van der Waals surface area contributed by atoms with Gasteiger partial charge in [-0.1, -0.05) is 12.7 Å². The van der Waals surface area contributed by atoms with Gasteiger partial charge in [0.1, 0.15) is 11.5 Å². The minimum absolute atomic E-state index is 0.204. The van der Waals surface area contributed by atoms with Crippen LogP contribution in [-0.4, -0.2) is 29.7 Å². The molecule has 1 aromatic heterocycles. The SMILES string of the molecule is C=C/C(=C\C=C(/C)c1c(CC2CC2)nc(NC(=O)c2ccc(OC)cc2)n1C)OC. The Bertz CT molecular complexity index is 980. The normalized spacial score (nSPS) is 14.4. The van der Waals surface area contributed by atoms with E-state index in [0.29, 0.717) is 28.9 Å². The van der Waals surface area contributed by atoms with Gasteiger partial charge in [-0.25, -0.2) is 4.98 Å². The van der Waals surface area contributed by atoms with Crippen molar-refractivity contribution in [2.45, 2.75) is 26.2 Å². The quantitative estimate of drug-likeness (QED) is 0.481. The van der Waals surface area contributed by atoms with Crippen LogP contribution in [0.2, 0.25) is 0 Å². The fraction of sp³-hybridized carbons (Fsp3) is 0.333. The summed E-state index contributed by atoms with van der Waals surface area (Å²) in [4.78, 5) is 17.5. The third-order valence-corrected chi connectivity index (χ3v) is 5.23.